The molecule has 4 aromatic rings. The smallest absolute Gasteiger partial charge is 0.259 e. The zero-order valence-corrected chi connectivity index (χ0v) is 17.1. The molecule has 4 rings (SSSR count). The topological polar surface area (TPSA) is 87.8 Å². The monoisotopic (exact) mass is 407 g/mol. The Bertz CT molecular complexity index is 1200. The van der Waals surface area contributed by atoms with E-state index in [1.807, 2.05) is 25.4 Å². The van der Waals surface area contributed by atoms with Crippen LogP contribution >= 0.6 is 0 Å². The predicted molar refractivity (Wildman–Crippen MR) is 112 cm³/mol. The second kappa shape index (κ2) is 7.82. The van der Waals surface area contributed by atoms with Crippen LogP contribution in [0.3, 0.4) is 0 Å². The molecule has 0 aliphatic heterocycles. The Labute approximate surface area is 173 Å². The van der Waals surface area contributed by atoms with Gasteiger partial charge in [0.2, 0.25) is 5.75 Å². The summed E-state index contributed by atoms with van der Waals surface area (Å²) in [5.74, 6) is 1.03. The van der Waals surface area contributed by atoms with Gasteiger partial charge in [0, 0.05) is 47.6 Å². The van der Waals surface area contributed by atoms with E-state index in [2.05, 4.69) is 10.4 Å². The minimum atomic E-state index is -0.318. The molecule has 8 heteroatoms. The summed E-state index contributed by atoms with van der Waals surface area (Å²) in [5.41, 5.74) is 3.21. The molecule has 0 unspecified atom stereocenters. The second-order valence-corrected chi connectivity index (χ2v) is 6.60. The fourth-order valence-electron chi connectivity index (χ4n) is 3.37. The molecule has 0 bridgehead atoms. The molecule has 2 aromatic heterocycles. The van der Waals surface area contributed by atoms with Gasteiger partial charge in [-0.2, -0.15) is 5.10 Å². The number of rotatable bonds is 6. The van der Waals surface area contributed by atoms with Crippen LogP contribution in [0.1, 0.15) is 10.4 Å². The lowest BCUT2D eigenvalue weighted by molar-refractivity contribution is 0.102. The normalized spacial score (nSPS) is 10.8. The molecule has 8 nitrogen and oxygen atoms in total. The van der Waals surface area contributed by atoms with E-state index < -0.39 is 0 Å². The third kappa shape index (κ3) is 3.32. The number of hydrogen-bond donors (Lipinski definition) is 1. The summed E-state index contributed by atoms with van der Waals surface area (Å²) < 4.78 is 23.5. The molecule has 0 aliphatic rings. The van der Waals surface area contributed by atoms with Crippen LogP contribution in [-0.4, -0.2) is 37.0 Å². The number of carbonyl (C=O) groups is 1. The first kappa shape index (κ1) is 19.4. The Kier molecular flexibility index (Phi) is 5.05. The molecule has 0 saturated heterocycles. The van der Waals surface area contributed by atoms with Crippen LogP contribution < -0.4 is 19.5 Å². The highest BCUT2D eigenvalue weighted by Gasteiger charge is 2.19. The number of para-hydroxylation sites is 1. The van der Waals surface area contributed by atoms with Crippen molar-refractivity contribution in [3.63, 3.8) is 0 Å². The Morgan fingerprint density at radius 1 is 1.10 bits per heavy atom. The molecule has 154 valence electrons. The van der Waals surface area contributed by atoms with Gasteiger partial charge in [0.1, 0.15) is 5.58 Å². The number of furan rings is 1. The largest absolute Gasteiger partial charge is 0.493 e. The first-order valence-electron chi connectivity index (χ1n) is 9.16. The number of carbonyl (C=O) groups excluding carboxylic acids is 1. The number of nitrogens with zero attached hydrogens (tertiary/aromatic N) is 2. The van der Waals surface area contributed by atoms with Crippen LogP contribution in [0, 0.1) is 0 Å². The molecule has 2 aromatic carbocycles. The maximum Gasteiger partial charge on any atom is 0.259 e. The van der Waals surface area contributed by atoms with Gasteiger partial charge in [0.15, 0.2) is 11.5 Å². The molecule has 30 heavy (non-hydrogen) atoms. The predicted octanol–water partition coefficient (Wildman–Crippen LogP) is 4.11. The van der Waals surface area contributed by atoms with Crippen LogP contribution in [0.5, 0.6) is 17.2 Å². The molecular weight excluding hydrogens is 386 g/mol. The summed E-state index contributed by atoms with van der Waals surface area (Å²) in [7, 11) is 6.41. The minimum Gasteiger partial charge on any atom is -0.493 e. The van der Waals surface area contributed by atoms with E-state index in [0.717, 1.165) is 16.5 Å². The van der Waals surface area contributed by atoms with Crippen molar-refractivity contribution in [1.82, 2.24) is 9.78 Å². The number of aromatic nitrogens is 2. The summed E-state index contributed by atoms with van der Waals surface area (Å²) in [6, 6.07) is 8.79. The Morgan fingerprint density at radius 3 is 2.43 bits per heavy atom. The number of amides is 1. The third-order valence-corrected chi connectivity index (χ3v) is 4.78. The maximum absolute atomic E-state index is 13.0. The average molecular weight is 407 g/mol. The van der Waals surface area contributed by atoms with Gasteiger partial charge in [0.25, 0.3) is 5.91 Å². The first-order chi connectivity index (χ1) is 14.5. The summed E-state index contributed by atoms with van der Waals surface area (Å²) in [5, 5.41) is 7.91. The molecule has 0 aliphatic carbocycles. The molecule has 0 radical (unpaired) electrons. The number of anilines is 1. The van der Waals surface area contributed by atoms with Gasteiger partial charge in [0.05, 0.1) is 39.4 Å². The molecule has 0 atom stereocenters. The van der Waals surface area contributed by atoms with Crippen molar-refractivity contribution in [3.8, 4) is 28.4 Å². The van der Waals surface area contributed by atoms with Gasteiger partial charge in [-0.3, -0.25) is 9.48 Å². The molecule has 2 heterocycles. The summed E-state index contributed by atoms with van der Waals surface area (Å²) in [6.07, 6.45) is 5.29. The molecule has 1 amide bonds. The van der Waals surface area contributed by atoms with Crippen LogP contribution in [0.4, 0.5) is 5.69 Å². The van der Waals surface area contributed by atoms with Crippen LogP contribution in [0.2, 0.25) is 0 Å². The van der Waals surface area contributed by atoms with E-state index in [1.54, 1.807) is 35.3 Å². The second-order valence-electron chi connectivity index (χ2n) is 6.60. The van der Waals surface area contributed by atoms with E-state index in [1.165, 1.54) is 21.3 Å². The van der Waals surface area contributed by atoms with Gasteiger partial charge >= 0.3 is 0 Å². The fraction of sp³-hybridized carbons (Fsp3) is 0.182. The highest BCUT2D eigenvalue weighted by molar-refractivity contribution is 6.13. The number of hydrogen-bond acceptors (Lipinski definition) is 6. The van der Waals surface area contributed by atoms with Crippen molar-refractivity contribution in [2.75, 3.05) is 26.6 Å². The van der Waals surface area contributed by atoms with Crippen molar-refractivity contribution in [2.45, 2.75) is 0 Å². The van der Waals surface area contributed by atoms with E-state index in [9.17, 15) is 4.79 Å². The molecule has 1 N–H and O–H groups in total. The zero-order valence-electron chi connectivity index (χ0n) is 17.1. The van der Waals surface area contributed by atoms with Crippen molar-refractivity contribution in [2.24, 2.45) is 7.05 Å². The average Bonchev–Trinajstić information content (AvgIpc) is 3.38. The fourth-order valence-corrected chi connectivity index (χ4v) is 3.37. The summed E-state index contributed by atoms with van der Waals surface area (Å²) >= 11 is 0. The van der Waals surface area contributed by atoms with E-state index in [4.69, 9.17) is 18.6 Å². The molecule has 0 fully saturated rings. The van der Waals surface area contributed by atoms with E-state index in [-0.39, 0.29) is 5.91 Å². The van der Waals surface area contributed by atoms with Crippen LogP contribution in [0.25, 0.3) is 22.1 Å². The lowest BCUT2D eigenvalue weighted by Crippen LogP contribution is -2.12. The first-order valence-corrected chi connectivity index (χ1v) is 9.16. The number of nitrogens with one attached hydrogen (secondary N) is 1. The zero-order chi connectivity index (χ0) is 21.3. The van der Waals surface area contributed by atoms with Gasteiger partial charge in [-0.1, -0.05) is 12.1 Å². The number of ether oxygens (including phenoxy) is 3. The van der Waals surface area contributed by atoms with Crippen molar-refractivity contribution < 1.29 is 23.4 Å². The van der Waals surface area contributed by atoms with Crippen molar-refractivity contribution in [1.29, 1.82) is 0 Å². The quantitative estimate of drug-likeness (QED) is 0.518. The third-order valence-electron chi connectivity index (χ3n) is 4.78. The Hall–Kier alpha value is -3.94. The Morgan fingerprint density at radius 2 is 1.83 bits per heavy atom. The molecule has 0 saturated carbocycles. The molecular formula is C22H21N3O5. The van der Waals surface area contributed by atoms with Gasteiger partial charge in [-0.15, -0.1) is 0 Å². The van der Waals surface area contributed by atoms with Crippen molar-refractivity contribution in [3.05, 3.63) is 54.6 Å². The maximum atomic E-state index is 13.0. The van der Waals surface area contributed by atoms with E-state index >= 15 is 0 Å². The lowest BCUT2D eigenvalue weighted by Gasteiger charge is -2.14. The minimum absolute atomic E-state index is 0.318. The van der Waals surface area contributed by atoms with Crippen molar-refractivity contribution >= 4 is 22.6 Å². The Balaban J connectivity index is 1.70. The standard InChI is InChI=1S/C22H21N3O5/c1-25-11-13(10-23-25)17-12-30-20-15(17)6-5-7-16(20)22(26)24-14-8-18(27-2)21(29-4)19(9-14)28-3/h5-12H,1-4H3,(H,24,26). The van der Waals surface area contributed by atoms with Gasteiger partial charge in [-0.05, 0) is 6.07 Å². The highest BCUT2D eigenvalue weighted by atomic mass is 16.5. The highest BCUT2D eigenvalue weighted by Crippen LogP contribution is 2.40. The van der Waals surface area contributed by atoms with E-state index in [0.29, 0.717) is 34.1 Å². The summed E-state index contributed by atoms with van der Waals surface area (Å²) in [4.78, 5) is 13.0. The number of methoxy groups -OCH3 is 3. The number of aryl methyl sites for hydroxylation is 1. The number of fused-ring (bicyclic) bond motifs is 1. The van der Waals surface area contributed by atoms with Gasteiger partial charge in [-0.25, -0.2) is 0 Å². The summed E-state index contributed by atoms with van der Waals surface area (Å²) in [6.45, 7) is 0. The van der Waals surface area contributed by atoms with Crippen LogP contribution in [-0.2, 0) is 7.05 Å². The van der Waals surface area contributed by atoms with Crippen LogP contribution in [0.15, 0.2) is 53.4 Å². The molecule has 0 spiro atoms. The number of benzene rings is 2. The lowest BCUT2D eigenvalue weighted by atomic mass is 10.1. The van der Waals surface area contributed by atoms with Gasteiger partial charge < -0.3 is 23.9 Å². The SMILES string of the molecule is COc1cc(NC(=O)c2cccc3c(-c4cnn(C)c4)coc23)cc(OC)c1OC.